The van der Waals surface area contributed by atoms with Gasteiger partial charge in [-0.3, -0.25) is 0 Å². The molecule has 0 N–H and O–H groups in total. The summed E-state index contributed by atoms with van der Waals surface area (Å²) in [5.41, 5.74) is 0.863. The van der Waals surface area contributed by atoms with Gasteiger partial charge in [0, 0.05) is 11.5 Å². The van der Waals surface area contributed by atoms with E-state index in [0.717, 1.165) is 29.1 Å². The van der Waals surface area contributed by atoms with Crippen molar-refractivity contribution in [3.8, 4) is 0 Å². The van der Waals surface area contributed by atoms with Crippen molar-refractivity contribution in [2.45, 2.75) is 11.0 Å². The molecule has 0 radical (unpaired) electrons. The Hall–Kier alpha value is -1.14. The molecule has 0 atom stereocenters. The molecule has 1 rings (SSSR count). The molecular weight excluding hydrogens is 272 g/mol. The van der Waals surface area contributed by atoms with Crippen LogP contribution in [0.4, 0.5) is 0 Å². The fourth-order valence-corrected chi connectivity index (χ4v) is 3.42. The molecule has 0 aliphatic rings. The molecule has 0 amide bonds. The van der Waals surface area contributed by atoms with Gasteiger partial charge >= 0.3 is 0 Å². The second-order valence-corrected chi connectivity index (χ2v) is 6.68. The number of carboxylic acid groups (broad SMARTS) is 2. The molecule has 0 saturated heterocycles. The average Bonchev–Trinajstić information content (AvgIpc) is 2.35. The zero-order valence-electron chi connectivity index (χ0n) is 9.75. The van der Waals surface area contributed by atoms with Crippen LogP contribution in [0.25, 0.3) is 0 Å². The Bertz CT molecular complexity index is 401. The summed E-state index contributed by atoms with van der Waals surface area (Å²) in [6.07, 6.45) is 0. The van der Waals surface area contributed by atoms with Crippen LogP contribution in [0.3, 0.4) is 0 Å². The van der Waals surface area contributed by atoms with Crippen molar-refractivity contribution < 1.29 is 19.8 Å². The minimum atomic E-state index is -1.17. The quantitative estimate of drug-likeness (QED) is 0.647. The van der Waals surface area contributed by atoms with E-state index in [2.05, 4.69) is 0 Å². The van der Waals surface area contributed by atoms with Gasteiger partial charge in [0.15, 0.2) is 0 Å². The van der Waals surface area contributed by atoms with E-state index in [1.807, 2.05) is 30.3 Å². The number of carbonyl (C=O) groups excluding carboxylic acids is 2. The molecule has 0 saturated carbocycles. The maximum Gasteiger partial charge on any atom is 0.0839 e. The van der Waals surface area contributed by atoms with Gasteiger partial charge in [-0.1, -0.05) is 30.3 Å². The topological polar surface area (TPSA) is 80.3 Å². The molecule has 0 aliphatic carbocycles. The maximum absolute atomic E-state index is 10.5. The lowest BCUT2D eigenvalue weighted by Gasteiger charge is -2.29. The van der Waals surface area contributed by atoms with Gasteiger partial charge in [-0.15, -0.1) is 23.5 Å². The van der Waals surface area contributed by atoms with Crippen LogP contribution in [0.1, 0.15) is 12.5 Å². The van der Waals surface area contributed by atoms with Crippen molar-refractivity contribution in [2.24, 2.45) is 0 Å². The lowest BCUT2D eigenvalue weighted by atomic mass is 10.2. The highest BCUT2D eigenvalue weighted by molar-refractivity contribution is 8.18. The van der Waals surface area contributed by atoms with Gasteiger partial charge in [-0.2, -0.15) is 0 Å². The predicted octanol–water partition coefficient (Wildman–Crippen LogP) is -0.175. The number of rotatable bonds is 7. The van der Waals surface area contributed by atoms with Crippen molar-refractivity contribution in [1.82, 2.24) is 0 Å². The van der Waals surface area contributed by atoms with E-state index in [9.17, 15) is 19.8 Å². The van der Waals surface area contributed by atoms with Gasteiger partial charge in [0.05, 0.1) is 16.0 Å². The van der Waals surface area contributed by atoms with Crippen molar-refractivity contribution in [2.75, 3.05) is 11.5 Å². The van der Waals surface area contributed by atoms with E-state index in [1.54, 1.807) is 6.92 Å². The molecule has 0 aliphatic heterocycles. The zero-order valence-corrected chi connectivity index (χ0v) is 11.4. The molecule has 18 heavy (non-hydrogen) atoms. The molecule has 0 fully saturated rings. The van der Waals surface area contributed by atoms with Gasteiger partial charge in [0.2, 0.25) is 0 Å². The Balaban J connectivity index is 2.86. The van der Waals surface area contributed by atoms with Crippen LogP contribution >= 0.6 is 23.5 Å². The van der Waals surface area contributed by atoms with Crippen molar-refractivity contribution in [3.63, 3.8) is 0 Å². The van der Waals surface area contributed by atoms with Crippen LogP contribution in [-0.4, -0.2) is 23.4 Å². The Morgan fingerprint density at radius 2 is 1.50 bits per heavy atom. The first-order valence-corrected chi connectivity index (χ1v) is 7.14. The fourth-order valence-electron chi connectivity index (χ4n) is 1.34. The third kappa shape index (κ3) is 4.62. The fraction of sp³-hybridized carbons (Fsp3) is 0.333. The molecule has 1 aromatic rings. The molecule has 0 aromatic heterocycles. The summed E-state index contributed by atoms with van der Waals surface area (Å²) >= 11 is 2.27. The predicted molar refractivity (Wildman–Crippen MR) is 68.7 cm³/mol. The van der Waals surface area contributed by atoms with E-state index in [1.165, 1.54) is 0 Å². The largest absolute Gasteiger partial charge is 0.549 e. The third-order valence-corrected chi connectivity index (χ3v) is 5.27. The molecule has 6 heteroatoms. The molecular formula is C12H12O4S2-2. The minimum absolute atomic E-state index is 0.189. The highest BCUT2D eigenvalue weighted by Crippen LogP contribution is 2.45. The van der Waals surface area contributed by atoms with Crippen molar-refractivity contribution in [3.05, 3.63) is 35.9 Å². The van der Waals surface area contributed by atoms with Crippen molar-refractivity contribution in [1.29, 1.82) is 0 Å². The number of thioether (sulfide) groups is 2. The highest BCUT2D eigenvalue weighted by atomic mass is 32.2. The number of hydrogen-bond acceptors (Lipinski definition) is 6. The average molecular weight is 284 g/mol. The summed E-state index contributed by atoms with van der Waals surface area (Å²) in [6, 6.07) is 9.17. The Morgan fingerprint density at radius 3 is 1.89 bits per heavy atom. The van der Waals surface area contributed by atoms with Gasteiger partial charge < -0.3 is 19.8 Å². The second-order valence-electron chi connectivity index (χ2n) is 3.63. The smallest absolute Gasteiger partial charge is 0.0839 e. The molecule has 0 unspecified atom stereocenters. The van der Waals surface area contributed by atoms with Gasteiger partial charge in [-0.05, 0) is 12.5 Å². The molecule has 1 aromatic carbocycles. The van der Waals surface area contributed by atoms with Crippen LogP contribution in [0, 0.1) is 0 Å². The number of carbonyl (C=O) groups is 2. The van der Waals surface area contributed by atoms with E-state index in [0.29, 0.717) is 0 Å². The van der Waals surface area contributed by atoms with E-state index in [4.69, 9.17) is 0 Å². The first-order valence-electron chi connectivity index (χ1n) is 5.17. The lowest BCUT2D eigenvalue weighted by molar-refractivity contribution is -0.302. The number of carboxylic acids is 2. The summed E-state index contributed by atoms with van der Waals surface area (Å²) in [5.74, 6) is -2.72. The number of hydrogen-bond donors (Lipinski definition) is 0. The standard InChI is InChI=1S/C12H14O4S2/c1-12(17-7-10(13)14,18-8-11(15)16)9-5-3-2-4-6-9/h2-6H,7-8H2,1H3,(H,13,14)(H,15,16)/p-2. The van der Waals surface area contributed by atoms with Gasteiger partial charge in [0.1, 0.15) is 0 Å². The maximum atomic E-state index is 10.5. The molecule has 4 nitrogen and oxygen atoms in total. The third-order valence-electron chi connectivity index (χ3n) is 2.23. The SMILES string of the molecule is CC(SCC(=O)[O-])(SCC(=O)[O-])c1ccccc1. The molecule has 0 spiro atoms. The zero-order chi connectivity index (χ0) is 13.6. The summed E-state index contributed by atoms with van der Waals surface area (Å²) in [4.78, 5) is 21.1. The monoisotopic (exact) mass is 284 g/mol. The Morgan fingerprint density at radius 1 is 1.06 bits per heavy atom. The van der Waals surface area contributed by atoms with E-state index in [-0.39, 0.29) is 11.5 Å². The summed E-state index contributed by atoms with van der Waals surface area (Å²) < 4.78 is -0.651. The van der Waals surface area contributed by atoms with Gasteiger partial charge in [0.25, 0.3) is 0 Å². The summed E-state index contributed by atoms with van der Waals surface area (Å²) in [5, 5.41) is 21.1. The number of benzene rings is 1. The first-order chi connectivity index (χ1) is 8.44. The van der Waals surface area contributed by atoms with E-state index < -0.39 is 16.0 Å². The van der Waals surface area contributed by atoms with Crippen LogP contribution < -0.4 is 10.2 Å². The number of aliphatic carboxylic acids is 2. The highest BCUT2D eigenvalue weighted by Gasteiger charge is 2.27. The lowest BCUT2D eigenvalue weighted by Crippen LogP contribution is -2.29. The first kappa shape index (κ1) is 14.9. The molecule has 0 bridgehead atoms. The van der Waals surface area contributed by atoms with Crippen LogP contribution in [0.2, 0.25) is 0 Å². The molecule has 0 heterocycles. The normalized spacial score (nSPS) is 11.2. The Kier molecular flexibility index (Phi) is 5.55. The van der Waals surface area contributed by atoms with Crippen LogP contribution in [-0.2, 0) is 13.7 Å². The van der Waals surface area contributed by atoms with Crippen LogP contribution in [0.15, 0.2) is 30.3 Å². The minimum Gasteiger partial charge on any atom is -0.549 e. The summed E-state index contributed by atoms with van der Waals surface area (Å²) in [7, 11) is 0. The van der Waals surface area contributed by atoms with Crippen LogP contribution in [0.5, 0.6) is 0 Å². The van der Waals surface area contributed by atoms with Crippen molar-refractivity contribution >= 4 is 35.5 Å². The summed E-state index contributed by atoms with van der Waals surface area (Å²) in [6.45, 7) is 1.80. The Labute approximate surface area is 114 Å². The molecule has 98 valence electrons. The van der Waals surface area contributed by atoms with E-state index >= 15 is 0 Å². The second kappa shape index (κ2) is 6.70. The van der Waals surface area contributed by atoms with Gasteiger partial charge in [-0.25, -0.2) is 0 Å².